The number of aromatic nitrogens is 3. The molecule has 3 heterocycles. The van der Waals surface area contributed by atoms with E-state index in [1.807, 2.05) is 58.0 Å². The second-order valence-corrected chi connectivity index (χ2v) is 7.62. The Morgan fingerprint density at radius 2 is 1.76 bits per heavy atom. The van der Waals surface area contributed by atoms with Crippen molar-refractivity contribution >= 4 is 17.3 Å². The summed E-state index contributed by atoms with van der Waals surface area (Å²) in [5.41, 5.74) is 2.75. The van der Waals surface area contributed by atoms with Gasteiger partial charge in [0.15, 0.2) is 11.4 Å². The van der Waals surface area contributed by atoms with Crippen LogP contribution in [0.2, 0.25) is 0 Å². The van der Waals surface area contributed by atoms with E-state index in [9.17, 15) is 9.59 Å². The number of likely N-dealkylation sites (tertiary alicyclic amines) is 1. The summed E-state index contributed by atoms with van der Waals surface area (Å²) < 4.78 is 2.03. The summed E-state index contributed by atoms with van der Waals surface area (Å²) in [4.78, 5) is 26.8. The van der Waals surface area contributed by atoms with Crippen LogP contribution in [0, 0.1) is 0 Å². The van der Waals surface area contributed by atoms with Crippen molar-refractivity contribution in [1.82, 2.24) is 19.5 Å². The predicted molar refractivity (Wildman–Crippen MR) is 111 cm³/mol. The Morgan fingerprint density at radius 3 is 2.48 bits per heavy atom. The molecule has 1 fully saturated rings. The molecule has 6 nitrogen and oxygen atoms in total. The van der Waals surface area contributed by atoms with E-state index in [1.165, 1.54) is 5.56 Å². The molecule has 29 heavy (non-hydrogen) atoms. The molecule has 1 aliphatic rings. The maximum absolute atomic E-state index is 12.6. The van der Waals surface area contributed by atoms with Gasteiger partial charge in [0, 0.05) is 43.6 Å². The average molecular weight is 390 g/mol. The Hall–Kier alpha value is -3.02. The number of rotatable bonds is 6. The summed E-state index contributed by atoms with van der Waals surface area (Å²) in [6, 6.07) is 13.6. The zero-order valence-electron chi connectivity index (χ0n) is 16.8. The van der Waals surface area contributed by atoms with Gasteiger partial charge in [-0.3, -0.25) is 14.0 Å². The van der Waals surface area contributed by atoms with E-state index in [0.717, 1.165) is 30.7 Å². The van der Waals surface area contributed by atoms with Gasteiger partial charge in [0.25, 0.3) is 0 Å². The van der Waals surface area contributed by atoms with Gasteiger partial charge in [-0.15, -0.1) is 10.2 Å². The number of aryl methyl sites for hydroxylation is 1. The molecule has 2 aromatic heterocycles. The summed E-state index contributed by atoms with van der Waals surface area (Å²) in [7, 11) is 0. The smallest absolute Gasteiger partial charge is 0.223 e. The van der Waals surface area contributed by atoms with Crippen molar-refractivity contribution in [3.63, 3.8) is 0 Å². The molecular weight excluding hydrogens is 364 g/mol. The normalized spacial score (nSPS) is 15.0. The molecule has 0 saturated carbocycles. The lowest BCUT2D eigenvalue weighted by atomic mass is 9.95. The quantitative estimate of drug-likeness (QED) is 0.603. The van der Waals surface area contributed by atoms with Gasteiger partial charge in [0.2, 0.25) is 5.91 Å². The van der Waals surface area contributed by atoms with Crippen LogP contribution in [0.25, 0.3) is 5.65 Å². The first-order valence-corrected chi connectivity index (χ1v) is 10.3. The van der Waals surface area contributed by atoms with Crippen molar-refractivity contribution in [2.24, 2.45) is 0 Å². The highest BCUT2D eigenvalue weighted by Crippen LogP contribution is 2.27. The first-order chi connectivity index (χ1) is 14.2. The van der Waals surface area contributed by atoms with Crippen molar-refractivity contribution in [2.45, 2.75) is 44.9 Å². The van der Waals surface area contributed by atoms with Crippen molar-refractivity contribution < 1.29 is 9.59 Å². The van der Waals surface area contributed by atoms with Gasteiger partial charge < -0.3 is 4.90 Å². The molecule has 0 N–H and O–H groups in total. The van der Waals surface area contributed by atoms with Gasteiger partial charge in [0.1, 0.15) is 5.82 Å². The monoisotopic (exact) mass is 390 g/mol. The Balaban J connectivity index is 1.29. The molecule has 0 unspecified atom stereocenters. The molecule has 150 valence electrons. The lowest BCUT2D eigenvalue weighted by Gasteiger charge is -2.31. The third kappa shape index (κ3) is 4.21. The van der Waals surface area contributed by atoms with Crippen LogP contribution in [0.5, 0.6) is 0 Å². The molecule has 0 spiro atoms. The number of nitrogens with zero attached hydrogens (tertiary/aromatic N) is 4. The minimum Gasteiger partial charge on any atom is -0.343 e. The van der Waals surface area contributed by atoms with Gasteiger partial charge in [-0.05, 0) is 37.0 Å². The predicted octanol–water partition coefficient (Wildman–Crippen LogP) is 3.66. The second-order valence-electron chi connectivity index (χ2n) is 7.62. The van der Waals surface area contributed by atoms with Crippen LogP contribution >= 0.6 is 0 Å². The molecule has 6 heteroatoms. The Kier molecular flexibility index (Phi) is 5.69. The minimum absolute atomic E-state index is 0.0332. The molecule has 1 aliphatic heterocycles. The number of ketones is 1. The molecule has 0 radical (unpaired) electrons. The summed E-state index contributed by atoms with van der Waals surface area (Å²) in [5.74, 6) is 1.37. The van der Waals surface area contributed by atoms with Gasteiger partial charge in [-0.1, -0.05) is 37.3 Å². The van der Waals surface area contributed by atoms with Crippen molar-refractivity contribution in [2.75, 3.05) is 13.1 Å². The second kappa shape index (κ2) is 8.55. The number of carbonyl (C=O) groups is 2. The van der Waals surface area contributed by atoms with Crippen LogP contribution in [0.15, 0.2) is 48.7 Å². The molecule has 0 atom stereocenters. The summed E-state index contributed by atoms with van der Waals surface area (Å²) in [6.07, 6.45) is 5.21. The van der Waals surface area contributed by atoms with E-state index in [2.05, 4.69) is 17.1 Å². The third-order valence-electron chi connectivity index (χ3n) is 5.80. The topological polar surface area (TPSA) is 67.6 Å². The fourth-order valence-corrected chi connectivity index (χ4v) is 3.97. The Labute approximate surface area is 170 Å². The summed E-state index contributed by atoms with van der Waals surface area (Å²) in [6.45, 7) is 3.49. The highest BCUT2D eigenvalue weighted by Gasteiger charge is 2.27. The summed E-state index contributed by atoms with van der Waals surface area (Å²) >= 11 is 0. The van der Waals surface area contributed by atoms with E-state index < -0.39 is 0 Å². The number of carbonyl (C=O) groups excluding carboxylic acids is 2. The van der Waals surface area contributed by atoms with Crippen LogP contribution in [0.1, 0.15) is 60.3 Å². The fourth-order valence-electron chi connectivity index (χ4n) is 3.97. The van der Waals surface area contributed by atoms with Crippen LogP contribution in [0.4, 0.5) is 0 Å². The maximum atomic E-state index is 12.6. The lowest BCUT2D eigenvalue weighted by Crippen LogP contribution is -2.38. The van der Waals surface area contributed by atoms with Gasteiger partial charge in [0.05, 0.1) is 0 Å². The molecule has 1 aromatic carbocycles. The number of fused-ring (bicyclic) bond motifs is 1. The van der Waals surface area contributed by atoms with E-state index in [1.54, 1.807) is 0 Å². The summed E-state index contributed by atoms with van der Waals surface area (Å²) in [5, 5.41) is 8.59. The number of hydrogen-bond donors (Lipinski definition) is 0. The number of hydrogen-bond acceptors (Lipinski definition) is 4. The van der Waals surface area contributed by atoms with Crippen molar-refractivity contribution in [3.8, 4) is 0 Å². The molecule has 4 rings (SSSR count). The third-order valence-corrected chi connectivity index (χ3v) is 5.80. The first-order valence-electron chi connectivity index (χ1n) is 10.3. The number of amides is 1. The Bertz CT molecular complexity index is 1000. The standard InChI is InChI=1S/C23H26N4O2/c1-2-17-6-8-18(9-7-17)20(28)10-11-22(29)26-15-12-19(13-16-26)23-25-24-21-5-3-4-14-27(21)23/h3-9,14,19H,2,10-13,15-16H2,1H3. The highest BCUT2D eigenvalue weighted by atomic mass is 16.2. The first kappa shape index (κ1) is 19.3. The number of benzene rings is 1. The molecule has 3 aromatic rings. The van der Waals surface area contributed by atoms with Gasteiger partial charge in [-0.2, -0.15) is 0 Å². The number of piperidine rings is 1. The molecule has 0 bridgehead atoms. The number of pyridine rings is 1. The zero-order chi connectivity index (χ0) is 20.2. The van der Waals surface area contributed by atoms with E-state index >= 15 is 0 Å². The molecule has 1 amide bonds. The van der Waals surface area contributed by atoms with Crippen molar-refractivity contribution in [1.29, 1.82) is 0 Å². The molecular formula is C23H26N4O2. The average Bonchev–Trinajstić information content (AvgIpc) is 3.21. The lowest BCUT2D eigenvalue weighted by molar-refractivity contribution is -0.132. The SMILES string of the molecule is CCc1ccc(C(=O)CCC(=O)N2CCC(c3nnc4ccccn34)CC2)cc1. The van der Waals surface area contributed by atoms with Gasteiger partial charge in [-0.25, -0.2) is 0 Å². The highest BCUT2D eigenvalue weighted by molar-refractivity contribution is 5.98. The van der Waals surface area contributed by atoms with Crippen LogP contribution < -0.4 is 0 Å². The van der Waals surface area contributed by atoms with Crippen LogP contribution in [-0.4, -0.2) is 44.3 Å². The molecule has 1 saturated heterocycles. The Morgan fingerprint density at radius 1 is 1.00 bits per heavy atom. The number of Topliss-reactive ketones (excluding diaryl/α,β-unsaturated/α-hetero) is 1. The largest absolute Gasteiger partial charge is 0.343 e. The van der Waals surface area contributed by atoms with Crippen molar-refractivity contribution in [3.05, 3.63) is 65.6 Å². The van der Waals surface area contributed by atoms with E-state index in [4.69, 9.17) is 0 Å². The zero-order valence-corrected chi connectivity index (χ0v) is 16.8. The minimum atomic E-state index is 0.0332. The van der Waals surface area contributed by atoms with Crippen LogP contribution in [0.3, 0.4) is 0 Å². The van der Waals surface area contributed by atoms with E-state index in [-0.39, 0.29) is 24.5 Å². The molecule has 0 aliphatic carbocycles. The van der Waals surface area contributed by atoms with Gasteiger partial charge >= 0.3 is 0 Å². The van der Waals surface area contributed by atoms with Crippen LogP contribution in [-0.2, 0) is 11.2 Å². The van der Waals surface area contributed by atoms with E-state index in [0.29, 0.717) is 24.6 Å². The maximum Gasteiger partial charge on any atom is 0.223 e. The fraction of sp³-hybridized carbons (Fsp3) is 0.391.